The number of aliphatic hydroxyl groups is 1. The lowest BCUT2D eigenvalue weighted by atomic mass is 9.90. The third-order valence-corrected chi connectivity index (χ3v) is 4.47. The molecule has 2 unspecified atom stereocenters. The Kier molecular flexibility index (Phi) is 5.01. The predicted octanol–water partition coefficient (Wildman–Crippen LogP) is 1.14. The maximum absolute atomic E-state index is 12.7. The Morgan fingerprint density at radius 3 is 2.61 bits per heavy atom. The largest absolute Gasteiger partial charge is 0.395 e. The lowest BCUT2D eigenvalue weighted by Gasteiger charge is -2.36. The van der Waals surface area contributed by atoms with Crippen LogP contribution in [0, 0.1) is 5.92 Å². The van der Waals surface area contributed by atoms with Gasteiger partial charge < -0.3 is 15.3 Å². The van der Waals surface area contributed by atoms with Crippen molar-refractivity contribution in [2.45, 2.75) is 57.5 Å². The van der Waals surface area contributed by atoms with E-state index in [0.29, 0.717) is 12.6 Å². The molecule has 1 aliphatic heterocycles. The van der Waals surface area contributed by atoms with Gasteiger partial charge in [0.25, 0.3) is 0 Å². The number of nitrogens with one attached hydrogen (secondary N) is 1. The van der Waals surface area contributed by atoms with Crippen molar-refractivity contribution in [3.05, 3.63) is 0 Å². The summed E-state index contributed by atoms with van der Waals surface area (Å²) in [5.41, 5.74) is 0. The quantitative estimate of drug-likeness (QED) is 0.791. The molecule has 1 saturated heterocycles. The molecule has 1 saturated carbocycles. The van der Waals surface area contributed by atoms with Gasteiger partial charge in [-0.3, -0.25) is 4.79 Å². The molecule has 1 amide bonds. The van der Waals surface area contributed by atoms with Gasteiger partial charge in [0.1, 0.15) is 0 Å². The SMILES string of the molecule is CC1NCCCC1C(=O)N(CCO)C1CCCC1. The van der Waals surface area contributed by atoms with Crippen LogP contribution in [0.15, 0.2) is 0 Å². The van der Waals surface area contributed by atoms with Crippen molar-refractivity contribution in [2.75, 3.05) is 19.7 Å². The van der Waals surface area contributed by atoms with E-state index in [1.165, 1.54) is 12.8 Å². The molecule has 1 heterocycles. The number of amides is 1. The molecule has 0 radical (unpaired) electrons. The van der Waals surface area contributed by atoms with Gasteiger partial charge in [-0.05, 0) is 39.2 Å². The highest BCUT2D eigenvalue weighted by Gasteiger charge is 2.34. The molecule has 18 heavy (non-hydrogen) atoms. The molecular weight excluding hydrogens is 228 g/mol. The van der Waals surface area contributed by atoms with E-state index >= 15 is 0 Å². The Balaban J connectivity index is 2.01. The Morgan fingerprint density at radius 1 is 1.28 bits per heavy atom. The fraction of sp³-hybridized carbons (Fsp3) is 0.929. The van der Waals surface area contributed by atoms with Crippen LogP contribution in [0.4, 0.5) is 0 Å². The average Bonchev–Trinajstić information content (AvgIpc) is 2.89. The minimum absolute atomic E-state index is 0.0801. The minimum Gasteiger partial charge on any atom is -0.395 e. The summed E-state index contributed by atoms with van der Waals surface area (Å²) in [5, 5.41) is 12.6. The summed E-state index contributed by atoms with van der Waals surface area (Å²) in [7, 11) is 0. The third kappa shape index (κ3) is 3.04. The van der Waals surface area contributed by atoms with Crippen LogP contribution in [0.3, 0.4) is 0 Å². The first-order chi connectivity index (χ1) is 8.74. The number of aliphatic hydroxyl groups excluding tert-OH is 1. The minimum atomic E-state index is 0.0801. The molecule has 4 heteroatoms. The van der Waals surface area contributed by atoms with E-state index in [1.54, 1.807) is 0 Å². The lowest BCUT2D eigenvalue weighted by Crippen LogP contribution is -2.51. The number of carbonyl (C=O) groups is 1. The summed E-state index contributed by atoms with van der Waals surface area (Å²) in [6.07, 6.45) is 6.73. The van der Waals surface area contributed by atoms with E-state index in [0.717, 1.165) is 32.2 Å². The Morgan fingerprint density at radius 2 is 2.00 bits per heavy atom. The first-order valence-corrected chi connectivity index (χ1v) is 7.38. The first-order valence-electron chi connectivity index (χ1n) is 7.38. The topological polar surface area (TPSA) is 52.6 Å². The summed E-state index contributed by atoms with van der Waals surface area (Å²) in [5.74, 6) is 0.363. The second-order valence-electron chi connectivity index (χ2n) is 5.69. The maximum Gasteiger partial charge on any atom is 0.227 e. The van der Waals surface area contributed by atoms with Crippen LogP contribution in [-0.2, 0) is 4.79 Å². The van der Waals surface area contributed by atoms with Crippen LogP contribution in [0.1, 0.15) is 45.4 Å². The van der Waals surface area contributed by atoms with Gasteiger partial charge in [0.2, 0.25) is 5.91 Å². The molecule has 2 N–H and O–H groups in total. The summed E-state index contributed by atoms with van der Waals surface area (Å²) >= 11 is 0. The highest BCUT2D eigenvalue weighted by atomic mass is 16.3. The van der Waals surface area contributed by atoms with Crippen molar-refractivity contribution in [3.8, 4) is 0 Å². The normalized spacial score (nSPS) is 29.4. The van der Waals surface area contributed by atoms with Gasteiger partial charge in [-0.2, -0.15) is 0 Å². The summed E-state index contributed by atoms with van der Waals surface area (Å²) < 4.78 is 0. The molecule has 0 aromatic heterocycles. The van der Waals surface area contributed by atoms with Gasteiger partial charge in [-0.25, -0.2) is 0 Å². The lowest BCUT2D eigenvalue weighted by molar-refractivity contribution is -0.140. The average molecular weight is 254 g/mol. The zero-order valence-electron chi connectivity index (χ0n) is 11.4. The van der Waals surface area contributed by atoms with Crippen LogP contribution in [0.2, 0.25) is 0 Å². The van der Waals surface area contributed by atoms with E-state index in [9.17, 15) is 9.90 Å². The first kappa shape index (κ1) is 13.8. The van der Waals surface area contributed by atoms with Crippen molar-refractivity contribution >= 4 is 5.91 Å². The second-order valence-corrected chi connectivity index (χ2v) is 5.69. The highest BCUT2D eigenvalue weighted by molar-refractivity contribution is 5.80. The molecular formula is C14H26N2O2. The molecule has 4 nitrogen and oxygen atoms in total. The Bertz CT molecular complexity index is 277. The van der Waals surface area contributed by atoms with Gasteiger partial charge in [-0.15, -0.1) is 0 Å². The van der Waals surface area contributed by atoms with Gasteiger partial charge >= 0.3 is 0 Å². The second kappa shape index (κ2) is 6.53. The number of piperidine rings is 1. The van der Waals surface area contributed by atoms with Crippen molar-refractivity contribution in [2.24, 2.45) is 5.92 Å². The number of carbonyl (C=O) groups excluding carboxylic acids is 1. The zero-order valence-corrected chi connectivity index (χ0v) is 11.4. The number of hydrogen-bond acceptors (Lipinski definition) is 3. The Hall–Kier alpha value is -0.610. The molecule has 0 aromatic rings. The van der Waals surface area contributed by atoms with Crippen molar-refractivity contribution < 1.29 is 9.90 Å². The third-order valence-electron chi connectivity index (χ3n) is 4.47. The predicted molar refractivity (Wildman–Crippen MR) is 71.2 cm³/mol. The maximum atomic E-state index is 12.7. The molecule has 2 aliphatic rings. The van der Waals surface area contributed by atoms with Gasteiger partial charge in [0, 0.05) is 18.6 Å². The number of nitrogens with zero attached hydrogens (tertiary/aromatic N) is 1. The number of hydrogen-bond donors (Lipinski definition) is 2. The molecule has 0 aromatic carbocycles. The van der Waals surface area contributed by atoms with Crippen molar-refractivity contribution in [1.29, 1.82) is 0 Å². The number of rotatable bonds is 4. The van der Waals surface area contributed by atoms with Crippen LogP contribution < -0.4 is 5.32 Å². The molecule has 0 bridgehead atoms. The molecule has 104 valence electrons. The van der Waals surface area contributed by atoms with E-state index in [-0.39, 0.29) is 24.5 Å². The highest BCUT2D eigenvalue weighted by Crippen LogP contribution is 2.27. The van der Waals surface area contributed by atoms with Crippen molar-refractivity contribution in [1.82, 2.24) is 10.2 Å². The monoisotopic (exact) mass is 254 g/mol. The van der Waals surface area contributed by atoms with E-state index in [2.05, 4.69) is 12.2 Å². The standard InChI is InChI=1S/C14H26N2O2/c1-11-13(7-4-8-15-11)14(18)16(9-10-17)12-5-2-3-6-12/h11-13,15,17H,2-10H2,1H3. The molecule has 2 rings (SSSR count). The fourth-order valence-corrected chi connectivity index (χ4v) is 3.39. The summed E-state index contributed by atoms with van der Waals surface area (Å²) in [6, 6.07) is 0.646. The molecule has 2 atom stereocenters. The van der Waals surface area contributed by atoms with Gasteiger partial charge in [-0.1, -0.05) is 12.8 Å². The van der Waals surface area contributed by atoms with E-state index in [4.69, 9.17) is 0 Å². The van der Waals surface area contributed by atoms with Crippen LogP contribution in [-0.4, -0.2) is 47.7 Å². The summed E-state index contributed by atoms with van der Waals surface area (Å²) in [6.45, 7) is 3.71. The van der Waals surface area contributed by atoms with Gasteiger partial charge in [0.05, 0.1) is 12.5 Å². The molecule has 2 fully saturated rings. The van der Waals surface area contributed by atoms with E-state index < -0.39 is 0 Å². The Labute approximate surface area is 110 Å². The van der Waals surface area contributed by atoms with Gasteiger partial charge in [0.15, 0.2) is 0 Å². The molecule has 1 aliphatic carbocycles. The smallest absolute Gasteiger partial charge is 0.227 e. The fourth-order valence-electron chi connectivity index (χ4n) is 3.39. The van der Waals surface area contributed by atoms with Crippen LogP contribution in [0.25, 0.3) is 0 Å². The van der Waals surface area contributed by atoms with E-state index in [1.807, 2.05) is 4.90 Å². The molecule has 0 spiro atoms. The zero-order chi connectivity index (χ0) is 13.0. The van der Waals surface area contributed by atoms with Crippen LogP contribution >= 0.6 is 0 Å². The summed E-state index contributed by atoms with van der Waals surface area (Å²) in [4.78, 5) is 14.6. The van der Waals surface area contributed by atoms with Crippen LogP contribution in [0.5, 0.6) is 0 Å². The van der Waals surface area contributed by atoms with Crippen molar-refractivity contribution in [3.63, 3.8) is 0 Å².